The second-order valence-electron chi connectivity index (χ2n) is 5.99. The molecule has 1 fully saturated rings. The number of ether oxygens (including phenoxy) is 1. The van der Waals surface area contributed by atoms with Gasteiger partial charge in [0.05, 0.1) is 5.69 Å². The Labute approximate surface area is 119 Å². The quantitative estimate of drug-likeness (QED) is 0.890. The van der Waals surface area contributed by atoms with Gasteiger partial charge in [-0.2, -0.15) is 0 Å². The number of carbonyl (C=O) groups excluding carboxylic acids is 1. The fourth-order valence-corrected chi connectivity index (χ4v) is 3.61. The third-order valence-corrected chi connectivity index (χ3v) is 4.96. The van der Waals surface area contributed by atoms with Gasteiger partial charge in [0.15, 0.2) is 6.61 Å². The van der Waals surface area contributed by atoms with Crippen molar-refractivity contribution in [2.75, 3.05) is 11.9 Å². The molecule has 1 saturated carbocycles. The lowest BCUT2D eigenvalue weighted by Crippen LogP contribution is -2.32. The van der Waals surface area contributed by atoms with Crippen LogP contribution in [0.5, 0.6) is 5.75 Å². The van der Waals surface area contributed by atoms with Crippen LogP contribution in [0.3, 0.4) is 0 Å². The molecule has 1 aromatic carbocycles. The molecule has 3 N–H and O–H groups in total. The Balaban J connectivity index is 1.90. The molecular formula is C16H22N2O2. The predicted octanol–water partition coefficient (Wildman–Crippen LogP) is 2.99. The first kappa shape index (κ1) is 13.4. The number of anilines is 1. The summed E-state index contributed by atoms with van der Waals surface area (Å²) >= 11 is 0. The van der Waals surface area contributed by atoms with E-state index in [-0.39, 0.29) is 24.0 Å². The second kappa shape index (κ2) is 5.09. The van der Waals surface area contributed by atoms with Crippen LogP contribution in [0.1, 0.15) is 50.6 Å². The van der Waals surface area contributed by atoms with Crippen LogP contribution in [0.2, 0.25) is 0 Å². The second-order valence-corrected chi connectivity index (χ2v) is 5.99. The summed E-state index contributed by atoms with van der Waals surface area (Å²) in [6.07, 6.45) is 6.04. The van der Waals surface area contributed by atoms with E-state index in [0.717, 1.165) is 23.4 Å². The zero-order valence-electron chi connectivity index (χ0n) is 11.9. The molecule has 0 bridgehead atoms. The molecule has 1 aliphatic carbocycles. The van der Waals surface area contributed by atoms with E-state index in [2.05, 4.69) is 12.2 Å². The van der Waals surface area contributed by atoms with Gasteiger partial charge in [0.2, 0.25) is 0 Å². The van der Waals surface area contributed by atoms with Crippen LogP contribution < -0.4 is 15.8 Å². The molecule has 0 radical (unpaired) electrons. The Kier molecular flexibility index (Phi) is 3.42. The van der Waals surface area contributed by atoms with Gasteiger partial charge in [0, 0.05) is 6.04 Å². The fraction of sp³-hybridized carbons (Fsp3) is 0.562. The van der Waals surface area contributed by atoms with Gasteiger partial charge < -0.3 is 15.8 Å². The standard InChI is InChI=1S/C16H22N2O2/c1-2-16(7-3-4-8-16)15(17)11-5-6-13-12(9-11)18-14(19)10-20-13/h5-6,9,15H,2-4,7-8,10,17H2,1H3,(H,18,19). The number of amides is 1. The van der Waals surface area contributed by atoms with E-state index >= 15 is 0 Å². The van der Waals surface area contributed by atoms with Crippen molar-refractivity contribution >= 4 is 11.6 Å². The van der Waals surface area contributed by atoms with Gasteiger partial charge in [-0.1, -0.05) is 25.8 Å². The summed E-state index contributed by atoms with van der Waals surface area (Å²) in [6, 6.07) is 5.96. The van der Waals surface area contributed by atoms with E-state index in [0.29, 0.717) is 0 Å². The Hall–Kier alpha value is -1.55. The molecule has 1 unspecified atom stereocenters. The lowest BCUT2D eigenvalue weighted by Gasteiger charge is -2.35. The van der Waals surface area contributed by atoms with Crippen molar-refractivity contribution in [1.82, 2.24) is 0 Å². The lowest BCUT2D eigenvalue weighted by atomic mass is 9.74. The first-order valence-electron chi connectivity index (χ1n) is 7.47. The first-order chi connectivity index (χ1) is 9.64. The Bertz CT molecular complexity index is 521. The third kappa shape index (κ3) is 2.18. The van der Waals surface area contributed by atoms with E-state index in [1.54, 1.807) is 0 Å². The predicted molar refractivity (Wildman–Crippen MR) is 78.7 cm³/mol. The molecule has 4 heteroatoms. The molecule has 20 heavy (non-hydrogen) atoms. The summed E-state index contributed by atoms with van der Waals surface area (Å²) < 4.78 is 5.39. The minimum atomic E-state index is -0.103. The smallest absolute Gasteiger partial charge is 0.262 e. The van der Waals surface area contributed by atoms with Gasteiger partial charge in [0.25, 0.3) is 5.91 Å². The summed E-state index contributed by atoms with van der Waals surface area (Å²) in [5, 5.41) is 2.86. The maximum atomic E-state index is 11.4. The number of carbonyl (C=O) groups is 1. The molecule has 1 heterocycles. The van der Waals surface area contributed by atoms with Crippen LogP contribution >= 0.6 is 0 Å². The molecule has 1 aliphatic heterocycles. The Morgan fingerprint density at radius 1 is 1.40 bits per heavy atom. The molecule has 1 aromatic rings. The van der Waals surface area contributed by atoms with E-state index in [1.807, 2.05) is 18.2 Å². The lowest BCUT2D eigenvalue weighted by molar-refractivity contribution is -0.118. The molecule has 0 saturated heterocycles. The van der Waals surface area contributed by atoms with Crippen molar-refractivity contribution in [3.05, 3.63) is 23.8 Å². The number of rotatable bonds is 3. The normalized spacial score (nSPS) is 21.8. The zero-order valence-corrected chi connectivity index (χ0v) is 11.9. The molecule has 108 valence electrons. The molecule has 0 aromatic heterocycles. The minimum Gasteiger partial charge on any atom is -0.482 e. The molecule has 3 rings (SSSR count). The highest BCUT2D eigenvalue weighted by molar-refractivity contribution is 5.95. The van der Waals surface area contributed by atoms with Crippen molar-refractivity contribution in [1.29, 1.82) is 0 Å². The number of hydrogen-bond donors (Lipinski definition) is 2. The summed E-state index contributed by atoms with van der Waals surface area (Å²) in [6.45, 7) is 2.33. The molecular weight excluding hydrogens is 252 g/mol. The van der Waals surface area contributed by atoms with Crippen molar-refractivity contribution in [2.45, 2.75) is 45.1 Å². The van der Waals surface area contributed by atoms with Gasteiger partial charge >= 0.3 is 0 Å². The summed E-state index contributed by atoms with van der Waals surface area (Å²) in [5.74, 6) is 0.631. The zero-order chi connectivity index (χ0) is 14.2. The average Bonchev–Trinajstić information content (AvgIpc) is 2.95. The molecule has 1 atom stereocenters. The SMILES string of the molecule is CCC1(C(N)c2ccc3c(c2)NC(=O)CO3)CCCC1. The third-order valence-electron chi connectivity index (χ3n) is 4.96. The highest BCUT2D eigenvalue weighted by atomic mass is 16.5. The van der Waals surface area contributed by atoms with Gasteiger partial charge in [-0.15, -0.1) is 0 Å². The monoisotopic (exact) mass is 274 g/mol. The van der Waals surface area contributed by atoms with E-state index in [1.165, 1.54) is 25.7 Å². The average molecular weight is 274 g/mol. The van der Waals surface area contributed by atoms with Crippen LogP contribution in [-0.2, 0) is 4.79 Å². The van der Waals surface area contributed by atoms with Gasteiger partial charge in [-0.05, 0) is 42.4 Å². The van der Waals surface area contributed by atoms with Crippen LogP contribution in [0.4, 0.5) is 5.69 Å². The van der Waals surface area contributed by atoms with Crippen LogP contribution in [0, 0.1) is 5.41 Å². The summed E-state index contributed by atoms with van der Waals surface area (Å²) in [5.41, 5.74) is 8.62. The molecule has 2 aliphatic rings. The number of hydrogen-bond acceptors (Lipinski definition) is 3. The van der Waals surface area contributed by atoms with Gasteiger partial charge in [-0.3, -0.25) is 4.79 Å². The van der Waals surface area contributed by atoms with E-state index in [4.69, 9.17) is 10.5 Å². The van der Waals surface area contributed by atoms with Crippen molar-refractivity contribution in [3.63, 3.8) is 0 Å². The van der Waals surface area contributed by atoms with E-state index < -0.39 is 0 Å². The highest BCUT2D eigenvalue weighted by Gasteiger charge is 2.38. The first-order valence-corrected chi connectivity index (χ1v) is 7.47. The van der Waals surface area contributed by atoms with Crippen molar-refractivity contribution in [3.8, 4) is 5.75 Å². The Morgan fingerprint density at radius 3 is 2.85 bits per heavy atom. The number of benzene rings is 1. The van der Waals surface area contributed by atoms with Gasteiger partial charge in [-0.25, -0.2) is 0 Å². The summed E-state index contributed by atoms with van der Waals surface area (Å²) in [4.78, 5) is 11.4. The summed E-state index contributed by atoms with van der Waals surface area (Å²) in [7, 11) is 0. The number of fused-ring (bicyclic) bond motifs is 1. The van der Waals surface area contributed by atoms with Crippen LogP contribution in [-0.4, -0.2) is 12.5 Å². The minimum absolute atomic E-state index is 0.0270. The molecule has 0 spiro atoms. The van der Waals surface area contributed by atoms with Crippen molar-refractivity contribution in [2.24, 2.45) is 11.1 Å². The highest BCUT2D eigenvalue weighted by Crippen LogP contribution is 2.49. The topological polar surface area (TPSA) is 64.3 Å². The largest absolute Gasteiger partial charge is 0.482 e. The van der Waals surface area contributed by atoms with E-state index in [9.17, 15) is 4.79 Å². The van der Waals surface area contributed by atoms with Crippen LogP contribution in [0.15, 0.2) is 18.2 Å². The van der Waals surface area contributed by atoms with Gasteiger partial charge in [0.1, 0.15) is 5.75 Å². The fourth-order valence-electron chi connectivity index (χ4n) is 3.61. The Morgan fingerprint density at radius 2 is 2.15 bits per heavy atom. The number of nitrogens with one attached hydrogen (secondary N) is 1. The molecule has 1 amide bonds. The maximum absolute atomic E-state index is 11.4. The van der Waals surface area contributed by atoms with Crippen molar-refractivity contribution < 1.29 is 9.53 Å². The maximum Gasteiger partial charge on any atom is 0.262 e. The number of nitrogens with two attached hydrogens (primary N) is 1. The van der Waals surface area contributed by atoms with Crippen LogP contribution in [0.25, 0.3) is 0 Å². The molecule has 4 nitrogen and oxygen atoms in total.